The van der Waals surface area contributed by atoms with Crippen LogP contribution in [0.25, 0.3) is 0 Å². The van der Waals surface area contributed by atoms with Gasteiger partial charge in [-0.1, -0.05) is 23.9 Å². The number of amides is 1. The Labute approximate surface area is 149 Å². The van der Waals surface area contributed by atoms with Crippen LogP contribution in [0.3, 0.4) is 0 Å². The number of hydrogen-bond acceptors (Lipinski definition) is 6. The van der Waals surface area contributed by atoms with Crippen LogP contribution in [0, 0.1) is 6.92 Å². The molecule has 0 bridgehead atoms. The van der Waals surface area contributed by atoms with Crippen molar-refractivity contribution in [2.24, 2.45) is 7.05 Å². The van der Waals surface area contributed by atoms with Crippen LogP contribution in [0.4, 0.5) is 5.69 Å². The first-order valence-corrected chi connectivity index (χ1v) is 8.61. The lowest BCUT2D eigenvalue weighted by Crippen LogP contribution is -2.14. The van der Waals surface area contributed by atoms with Crippen LogP contribution in [0.5, 0.6) is 0 Å². The van der Waals surface area contributed by atoms with Gasteiger partial charge in [0, 0.05) is 24.2 Å². The number of aromatic nitrogens is 5. The Morgan fingerprint density at radius 1 is 1.32 bits per heavy atom. The third kappa shape index (κ3) is 4.21. The van der Waals surface area contributed by atoms with Gasteiger partial charge in [-0.2, -0.15) is 0 Å². The summed E-state index contributed by atoms with van der Waals surface area (Å²) in [5, 5.41) is 11.9. The molecule has 0 saturated carbocycles. The minimum absolute atomic E-state index is 0.165. The maximum atomic E-state index is 12.3. The van der Waals surface area contributed by atoms with Crippen molar-refractivity contribution in [1.82, 2.24) is 24.7 Å². The van der Waals surface area contributed by atoms with Crippen molar-refractivity contribution in [1.29, 1.82) is 0 Å². The molecule has 0 fully saturated rings. The van der Waals surface area contributed by atoms with E-state index in [1.54, 1.807) is 31.2 Å². The Bertz CT molecular complexity index is 894. The number of carbonyl (C=O) groups is 1. The summed E-state index contributed by atoms with van der Waals surface area (Å²) in [6.07, 6.45) is 4.75. The molecule has 2 heterocycles. The molecule has 1 atom stereocenters. The normalized spacial score (nSPS) is 12.0. The quantitative estimate of drug-likeness (QED) is 0.709. The number of nitrogens with one attached hydrogen (secondary N) is 1. The highest BCUT2D eigenvalue weighted by atomic mass is 32.2. The van der Waals surface area contributed by atoms with Crippen LogP contribution in [-0.2, 0) is 7.05 Å². The first-order chi connectivity index (χ1) is 12.0. The van der Waals surface area contributed by atoms with Crippen molar-refractivity contribution in [3.05, 3.63) is 59.9 Å². The molecule has 3 aromatic rings. The molecule has 2 aromatic heterocycles. The summed E-state index contributed by atoms with van der Waals surface area (Å²) in [5.41, 5.74) is 2.80. The second kappa shape index (κ2) is 7.43. The fourth-order valence-corrected chi connectivity index (χ4v) is 3.15. The highest BCUT2D eigenvalue weighted by Crippen LogP contribution is 2.34. The Kier molecular flexibility index (Phi) is 5.08. The Morgan fingerprint density at radius 3 is 2.88 bits per heavy atom. The zero-order chi connectivity index (χ0) is 17.8. The van der Waals surface area contributed by atoms with Crippen LogP contribution in [0.15, 0.2) is 48.1 Å². The molecule has 0 unspecified atom stereocenters. The molecule has 7 nitrogen and oxygen atoms in total. The Morgan fingerprint density at radius 2 is 2.16 bits per heavy atom. The third-order valence-corrected chi connectivity index (χ3v) is 4.76. The van der Waals surface area contributed by atoms with E-state index in [9.17, 15) is 4.79 Å². The molecule has 1 amide bonds. The number of benzene rings is 1. The van der Waals surface area contributed by atoms with Gasteiger partial charge in [0.25, 0.3) is 5.91 Å². The molecule has 0 aliphatic rings. The summed E-state index contributed by atoms with van der Waals surface area (Å²) < 4.78 is 1.88. The monoisotopic (exact) mass is 354 g/mol. The van der Waals surface area contributed by atoms with E-state index >= 15 is 0 Å². The number of nitrogens with zero attached hydrogens (tertiary/aromatic N) is 5. The van der Waals surface area contributed by atoms with Gasteiger partial charge in [0.2, 0.25) is 0 Å². The Balaban J connectivity index is 1.73. The summed E-state index contributed by atoms with van der Waals surface area (Å²) in [5.74, 6) is -0.276. The van der Waals surface area contributed by atoms with Gasteiger partial charge in [-0.05, 0) is 31.5 Å². The molecule has 25 heavy (non-hydrogen) atoms. The van der Waals surface area contributed by atoms with E-state index in [2.05, 4.69) is 32.4 Å². The molecule has 1 N–H and O–H groups in total. The minimum Gasteiger partial charge on any atom is -0.321 e. The first-order valence-electron chi connectivity index (χ1n) is 7.73. The van der Waals surface area contributed by atoms with Gasteiger partial charge >= 0.3 is 0 Å². The fraction of sp³-hybridized carbons (Fsp3) is 0.235. The molecular weight excluding hydrogens is 336 g/mol. The smallest absolute Gasteiger partial charge is 0.275 e. The molecule has 3 rings (SSSR count). The summed E-state index contributed by atoms with van der Waals surface area (Å²) in [6.45, 7) is 3.89. The topological polar surface area (TPSA) is 85.6 Å². The fourth-order valence-electron chi connectivity index (χ4n) is 2.24. The molecule has 0 radical (unpaired) electrons. The molecule has 0 spiro atoms. The first kappa shape index (κ1) is 17.1. The highest BCUT2D eigenvalue weighted by Gasteiger charge is 2.13. The molecule has 0 aliphatic carbocycles. The van der Waals surface area contributed by atoms with E-state index in [0.717, 1.165) is 16.4 Å². The van der Waals surface area contributed by atoms with Gasteiger partial charge in [0.15, 0.2) is 5.16 Å². The van der Waals surface area contributed by atoms with E-state index in [-0.39, 0.29) is 11.2 Å². The van der Waals surface area contributed by atoms with Crippen molar-refractivity contribution in [2.45, 2.75) is 24.3 Å². The summed E-state index contributed by atoms with van der Waals surface area (Å²) in [6, 6.07) is 7.75. The van der Waals surface area contributed by atoms with Crippen molar-refractivity contribution in [2.75, 3.05) is 5.32 Å². The van der Waals surface area contributed by atoms with Crippen LogP contribution in [-0.4, -0.2) is 30.6 Å². The minimum atomic E-state index is -0.276. The highest BCUT2D eigenvalue weighted by molar-refractivity contribution is 7.99. The van der Waals surface area contributed by atoms with Crippen LogP contribution in [0.1, 0.15) is 33.9 Å². The number of anilines is 1. The summed E-state index contributed by atoms with van der Waals surface area (Å²) in [7, 11) is 1.91. The number of hydrogen-bond donors (Lipinski definition) is 1. The standard InChI is InChI=1S/C17H18N6OS/c1-11-8-18-9-15(20-11)16(24)21-14-6-4-5-13(7-14)12(2)25-17-22-19-10-23(17)3/h4-10,12H,1-3H3,(H,21,24)/t12-/m0/s1. The second-order valence-electron chi connectivity index (χ2n) is 5.61. The maximum Gasteiger partial charge on any atom is 0.275 e. The second-order valence-corrected chi connectivity index (χ2v) is 6.92. The Hall–Kier alpha value is -2.74. The zero-order valence-corrected chi connectivity index (χ0v) is 15.0. The summed E-state index contributed by atoms with van der Waals surface area (Å²) in [4.78, 5) is 20.5. The lowest BCUT2D eigenvalue weighted by molar-refractivity contribution is 0.102. The van der Waals surface area contributed by atoms with Gasteiger partial charge in [-0.3, -0.25) is 9.78 Å². The van der Waals surface area contributed by atoms with Gasteiger partial charge in [0.05, 0.1) is 11.9 Å². The van der Waals surface area contributed by atoms with Crippen molar-refractivity contribution >= 4 is 23.4 Å². The van der Waals surface area contributed by atoms with E-state index in [4.69, 9.17) is 0 Å². The predicted octanol–water partition coefficient (Wildman–Crippen LogP) is 3.02. The number of thioether (sulfide) groups is 1. The molecule has 128 valence electrons. The van der Waals surface area contributed by atoms with E-state index in [1.807, 2.05) is 35.9 Å². The van der Waals surface area contributed by atoms with Crippen LogP contribution >= 0.6 is 11.8 Å². The van der Waals surface area contributed by atoms with E-state index in [0.29, 0.717) is 11.4 Å². The predicted molar refractivity (Wildman–Crippen MR) is 96.4 cm³/mol. The van der Waals surface area contributed by atoms with Crippen molar-refractivity contribution < 1.29 is 4.79 Å². The largest absolute Gasteiger partial charge is 0.321 e. The van der Waals surface area contributed by atoms with E-state index < -0.39 is 0 Å². The van der Waals surface area contributed by atoms with Gasteiger partial charge in [0.1, 0.15) is 12.0 Å². The van der Waals surface area contributed by atoms with Crippen LogP contribution < -0.4 is 5.32 Å². The number of aryl methyl sites for hydroxylation is 2. The number of rotatable bonds is 5. The molecule has 0 aliphatic heterocycles. The van der Waals surface area contributed by atoms with Crippen LogP contribution in [0.2, 0.25) is 0 Å². The average molecular weight is 354 g/mol. The van der Waals surface area contributed by atoms with Gasteiger partial charge in [-0.25, -0.2) is 4.98 Å². The summed E-state index contributed by atoms with van der Waals surface area (Å²) >= 11 is 1.61. The third-order valence-electron chi connectivity index (χ3n) is 3.55. The van der Waals surface area contributed by atoms with E-state index in [1.165, 1.54) is 6.20 Å². The lowest BCUT2D eigenvalue weighted by atomic mass is 10.1. The lowest BCUT2D eigenvalue weighted by Gasteiger charge is -2.13. The molecular formula is C17H18N6OS. The maximum absolute atomic E-state index is 12.3. The van der Waals surface area contributed by atoms with Gasteiger partial charge < -0.3 is 9.88 Å². The van der Waals surface area contributed by atoms with Crippen molar-refractivity contribution in [3.8, 4) is 0 Å². The molecule has 0 saturated heterocycles. The van der Waals surface area contributed by atoms with Crippen molar-refractivity contribution in [3.63, 3.8) is 0 Å². The molecule has 8 heteroatoms. The van der Waals surface area contributed by atoms with Gasteiger partial charge in [-0.15, -0.1) is 10.2 Å². The average Bonchev–Trinajstić information content (AvgIpc) is 3.00. The number of carbonyl (C=O) groups excluding carboxylic acids is 1. The zero-order valence-electron chi connectivity index (χ0n) is 14.2. The SMILES string of the molecule is Cc1cncc(C(=O)Nc2cccc([C@H](C)Sc3nncn3C)c2)n1. The molecule has 1 aromatic carbocycles.